The summed E-state index contributed by atoms with van der Waals surface area (Å²) in [5.41, 5.74) is 1.71. The Morgan fingerprint density at radius 3 is 2.89 bits per heavy atom. The van der Waals surface area contributed by atoms with Crippen LogP contribution in [-0.2, 0) is 22.4 Å². The van der Waals surface area contributed by atoms with Crippen LogP contribution in [0.15, 0.2) is 29.2 Å². The van der Waals surface area contributed by atoms with E-state index in [1.165, 1.54) is 28.0 Å². The van der Waals surface area contributed by atoms with E-state index in [1.54, 1.807) is 13.2 Å². The maximum absolute atomic E-state index is 12.7. The van der Waals surface area contributed by atoms with Gasteiger partial charge < -0.3 is 15.4 Å². The molecule has 28 heavy (non-hydrogen) atoms. The molecule has 2 aromatic rings. The van der Waals surface area contributed by atoms with E-state index in [0.717, 1.165) is 36.1 Å². The molecule has 0 bridgehead atoms. The molecule has 1 aromatic carbocycles. The third-order valence-electron chi connectivity index (χ3n) is 4.41. The smallest absolute Gasteiger partial charge is 0.254 e. The average molecular weight is 439 g/mol. The van der Waals surface area contributed by atoms with Crippen LogP contribution >= 0.6 is 34.7 Å². The number of aryl methyl sites for hydroxylation is 1. The first kappa shape index (κ1) is 21.2. The first-order valence-corrected chi connectivity index (χ1v) is 11.4. The molecule has 8 heteroatoms. The van der Waals surface area contributed by atoms with E-state index in [-0.39, 0.29) is 17.6 Å². The van der Waals surface area contributed by atoms with Gasteiger partial charge in [-0.05, 0) is 49.4 Å². The number of thioether (sulfide) groups is 1. The van der Waals surface area contributed by atoms with Crippen molar-refractivity contribution in [2.45, 2.75) is 30.6 Å². The Labute approximate surface area is 178 Å². The number of anilines is 1. The summed E-state index contributed by atoms with van der Waals surface area (Å²) >= 11 is 8.94. The molecule has 0 atom stereocenters. The van der Waals surface area contributed by atoms with Crippen LogP contribution in [0, 0.1) is 0 Å². The molecule has 0 radical (unpaired) electrons. The molecule has 2 N–H and O–H groups in total. The van der Waals surface area contributed by atoms with Crippen molar-refractivity contribution in [2.75, 3.05) is 31.3 Å². The van der Waals surface area contributed by atoms with Crippen molar-refractivity contribution in [3.05, 3.63) is 45.3 Å². The zero-order chi connectivity index (χ0) is 19.9. The fourth-order valence-corrected chi connectivity index (χ4v) is 5.43. The van der Waals surface area contributed by atoms with Gasteiger partial charge in [0.25, 0.3) is 5.91 Å². The highest BCUT2D eigenvalue weighted by Gasteiger charge is 2.26. The Morgan fingerprint density at radius 2 is 2.11 bits per heavy atom. The molecule has 1 aliphatic carbocycles. The summed E-state index contributed by atoms with van der Waals surface area (Å²) in [5.74, 6) is -0.0167. The van der Waals surface area contributed by atoms with Gasteiger partial charge in [0.05, 0.1) is 17.9 Å². The minimum atomic E-state index is -0.144. The summed E-state index contributed by atoms with van der Waals surface area (Å²) in [4.78, 5) is 27.4. The summed E-state index contributed by atoms with van der Waals surface area (Å²) < 4.78 is 5.01. The van der Waals surface area contributed by atoms with Crippen LogP contribution in [0.4, 0.5) is 5.00 Å². The largest absolute Gasteiger partial charge is 0.383 e. The number of fused-ring (bicyclic) bond motifs is 1. The fourth-order valence-electron chi connectivity index (χ4n) is 3.12. The Morgan fingerprint density at radius 1 is 1.29 bits per heavy atom. The number of methoxy groups -OCH3 is 1. The quantitative estimate of drug-likeness (QED) is 0.474. The number of nitrogens with one attached hydrogen (secondary N) is 2. The Hall–Kier alpha value is -1.54. The highest BCUT2D eigenvalue weighted by atomic mass is 35.5. The molecule has 0 spiro atoms. The lowest BCUT2D eigenvalue weighted by Gasteiger charge is -2.13. The van der Waals surface area contributed by atoms with E-state index in [4.69, 9.17) is 16.3 Å². The molecule has 0 fully saturated rings. The number of hydrogen-bond acceptors (Lipinski definition) is 5. The molecule has 0 saturated carbocycles. The number of ether oxygens (including phenoxy) is 1. The summed E-state index contributed by atoms with van der Waals surface area (Å²) in [5, 5.41) is 7.14. The molecular weight excluding hydrogens is 416 g/mol. The molecule has 1 aromatic heterocycles. The zero-order valence-corrected chi connectivity index (χ0v) is 18.1. The molecular formula is C20H23ClN2O3S2. The van der Waals surface area contributed by atoms with Gasteiger partial charge in [0.2, 0.25) is 5.91 Å². The van der Waals surface area contributed by atoms with Gasteiger partial charge in [-0.25, -0.2) is 0 Å². The zero-order valence-electron chi connectivity index (χ0n) is 15.7. The number of rotatable bonds is 8. The third kappa shape index (κ3) is 5.50. The van der Waals surface area contributed by atoms with Crippen molar-refractivity contribution < 1.29 is 14.3 Å². The van der Waals surface area contributed by atoms with Gasteiger partial charge in [0.15, 0.2) is 0 Å². The van der Waals surface area contributed by atoms with E-state index < -0.39 is 0 Å². The first-order valence-electron chi connectivity index (χ1n) is 9.18. The van der Waals surface area contributed by atoms with Gasteiger partial charge in [-0.15, -0.1) is 23.1 Å². The van der Waals surface area contributed by atoms with Crippen molar-refractivity contribution in [3.63, 3.8) is 0 Å². The topological polar surface area (TPSA) is 67.4 Å². The highest BCUT2D eigenvalue weighted by Crippen LogP contribution is 2.38. The van der Waals surface area contributed by atoms with Gasteiger partial charge in [0.1, 0.15) is 5.00 Å². The summed E-state index contributed by atoms with van der Waals surface area (Å²) in [6.07, 6.45) is 4.04. The summed E-state index contributed by atoms with van der Waals surface area (Å²) in [6, 6.07) is 7.41. The molecule has 5 nitrogen and oxygen atoms in total. The second-order valence-corrected chi connectivity index (χ2v) is 9.05. The van der Waals surface area contributed by atoms with Gasteiger partial charge >= 0.3 is 0 Å². The van der Waals surface area contributed by atoms with E-state index in [9.17, 15) is 9.59 Å². The number of benzene rings is 1. The number of thiophene rings is 1. The molecule has 3 rings (SSSR count). The number of halogens is 1. The Bertz CT molecular complexity index is 854. The maximum atomic E-state index is 12.7. The molecule has 1 heterocycles. The van der Waals surface area contributed by atoms with E-state index in [1.807, 2.05) is 18.2 Å². The van der Waals surface area contributed by atoms with Crippen molar-refractivity contribution >= 4 is 51.5 Å². The van der Waals surface area contributed by atoms with Gasteiger partial charge in [-0.3, -0.25) is 9.59 Å². The predicted octanol–water partition coefficient (Wildman–Crippen LogP) is 4.39. The van der Waals surface area contributed by atoms with Gasteiger partial charge in [-0.1, -0.05) is 17.7 Å². The SMILES string of the molecule is COCCNC(=O)c1c(NC(=O)CSc2cccc(Cl)c2)sc2c1CCCC2. The number of hydrogen-bond donors (Lipinski definition) is 2. The first-order chi connectivity index (χ1) is 13.6. The normalized spacial score (nSPS) is 13.1. The third-order valence-corrected chi connectivity index (χ3v) is 6.85. The van der Waals surface area contributed by atoms with Crippen LogP contribution in [0.25, 0.3) is 0 Å². The molecule has 0 saturated heterocycles. The monoisotopic (exact) mass is 438 g/mol. The lowest BCUT2D eigenvalue weighted by Crippen LogP contribution is -2.29. The van der Waals surface area contributed by atoms with Crippen molar-refractivity contribution in [1.82, 2.24) is 5.32 Å². The summed E-state index contributed by atoms with van der Waals surface area (Å²) in [6.45, 7) is 0.897. The minimum Gasteiger partial charge on any atom is -0.383 e. The number of carbonyl (C=O) groups excluding carboxylic acids is 2. The van der Waals surface area contributed by atoms with E-state index in [0.29, 0.717) is 28.7 Å². The van der Waals surface area contributed by atoms with Gasteiger partial charge in [0, 0.05) is 28.4 Å². The minimum absolute atomic E-state index is 0.130. The Kier molecular flexibility index (Phi) is 7.79. The van der Waals surface area contributed by atoms with Crippen molar-refractivity contribution in [1.29, 1.82) is 0 Å². The van der Waals surface area contributed by atoms with Crippen LogP contribution in [0.1, 0.15) is 33.6 Å². The van der Waals surface area contributed by atoms with E-state index >= 15 is 0 Å². The second kappa shape index (κ2) is 10.3. The van der Waals surface area contributed by atoms with Crippen LogP contribution in [0.2, 0.25) is 5.02 Å². The highest BCUT2D eigenvalue weighted by molar-refractivity contribution is 8.00. The fraction of sp³-hybridized carbons (Fsp3) is 0.400. The van der Waals surface area contributed by atoms with Crippen molar-refractivity contribution in [2.24, 2.45) is 0 Å². The number of carbonyl (C=O) groups is 2. The predicted molar refractivity (Wildman–Crippen MR) is 116 cm³/mol. The van der Waals surface area contributed by atoms with Crippen LogP contribution in [-0.4, -0.2) is 37.8 Å². The van der Waals surface area contributed by atoms with Crippen LogP contribution < -0.4 is 10.6 Å². The molecule has 0 aliphatic heterocycles. The lowest BCUT2D eigenvalue weighted by molar-refractivity contribution is -0.113. The van der Waals surface area contributed by atoms with E-state index in [2.05, 4.69) is 10.6 Å². The standard InChI is InChI=1S/C20H23ClN2O3S2/c1-26-10-9-22-19(25)18-15-7-2-3-8-16(15)28-20(18)23-17(24)12-27-14-6-4-5-13(21)11-14/h4-6,11H,2-3,7-10,12H2,1H3,(H,22,25)(H,23,24). The van der Waals surface area contributed by atoms with Crippen LogP contribution in [0.3, 0.4) is 0 Å². The number of amides is 2. The van der Waals surface area contributed by atoms with Crippen LogP contribution in [0.5, 0.6) is 0 Å². The average Bonchev–Trinajstić information content (AvgIpc) is 3.04. The lowest BCUT2D eigenvalue weighted by atomic mass is 9.95. The molecule has 1 aliphatic rings. The molecule has 2 amide bonds. The Balaban J connectivity index is 1.70. The molecule has 150 valence electrons. The molecule has 0 unspecified atom stereocenters. The maximum Gasteiger partial charge on any atom is 0.254 e. The summed E-state index contributed by atoms with van der Waals surface area (Å²) in [7, 11) is 1.60. The van der Waals surface area contributed by atoms with Crippen molar-refractivity contribution in [3.8, 4) is 0 Å². The second-order valence-electron chi connectivity index (χ2n) is 6.46. The van der Waals surface area contributed by atoms with Gasteiger partial charge in [-0.2, -0.15) is 0 Å².